The van der Waals surface area contributed by atoms with E-state index >= 15 is 0 Å². The lowest BCUT2D eigenvalue weighted by Gasteiger charge is -2.08. The van der Waals surface area contributed by atoms with Crippen LogP contribution in [0.15, 0.2) is 83.9 Å². The average molecular weight is 467 g/mol. The third-order valence-electron chi connectivity index (χ3n) is 5.23. The Morgan fingerprint density at radius 3 is 2.35 bits per heavy atom. The third-order valence-corrected chi connectivity index (χ3v) is 6.32. The maximum absolute atomic E-state index is 13.4. The number of nitrogens with one attached hydrogen (secondary N) is 1. The molecule has 0 aliphatic heterocycles. The van der Waals surface area contributed by atoms with Crippen LogP contribution in [0.2, 0.25) is 0 Å². The maximum Gasteiger partial charge on any atom is 0.273 e. The molecule has 0 aliphatic rings. The highest BCUT2D eigenvalue weighted by Crippen LogP contribution is 2.17. The summed E-state index contributed by atoms with van der Waals surface area (Å²) in [5.41, 5.74) is 2.67. The molecule has 0 aliphatic carbocycles. The first-order valence-electron chi connectivity index (χ1n) is 10.7. The van der Waals surface area contributed by atoms with Crippen LogP contribution in [-0.2, 0) is 4.79 Å². The lowest BCUT2D eigenvalue weighted by atomic mass is 10.0. The van der Waals surface area contributed by atoms with Gasteiger partial charge in [-0.2, -0.15) is 5.26 Å². The molecule has 0 bridgehead atoms. The fraction of sp³-hybridized carbons (Fsp3) is 0.111. The lowest BCUT2D eigenvalue weighted by Crippen LogP contribution is -2.32. The summed E-state index contributed by atoms with van der Waals surface area (Å²) in [7, 11) is 0. The molecule has 0 spiro atoms. The summed E-state index contributed by atoms with van der Waals surface area (Å²) < 4.78 is 2.10. The normalized spacial score (nSPS) is 12.4. The van der Waals surface area contributed by atoms with Crippen molar-refractivity contribution in [3.05, 3.63) is 110 Å². The SMILES string of the molecule is CC(C)c1ccc(NC(=O)/C(C#N)=c2/s/c(=C/c3ccncc3)c(=O)n2-c2ccccc2)cc1. The first-order chi connectivity index (χ1) is 16.5. The van der Waals surface area contributed by atoms with Crippen LogP contribution in [0.1, 0.15) is 30.9 Å². The van der Waals surface area contributed by atoms with E-state index in [1.54, 1.807) is 54.9 Å². The fourth-order valence-electron chi connectivity index (χ4n) is 3.41. The molecule has 7 heteroatoms. The van der Waals surface area contributed by atoms with Crippen LogP contribution in [0, 0.1) is 11.3 Å². The van der Waals surface area contributed by atoms with Gasteiger partial charge in [-0.1, -0.05) is 44.2 Å². The van der Waals surface area contributed by atoms with Gasteiger partial charge in [-0.15, -0.1) is 11.3 Å². The third kappa shape index (κ3) is 4.87. The molecule has 0 saturated heterocycles. The Kier molecular flexibility index (Phi) is 6.81. The Hall–Kier alpha value is -4.28. The van der Waals surface area contributed by atoms with Gasteiger partial charge in [0.1, 0.15) is 10.7 Å². The van der Waals surface area contributed by atoms with E-state index < -0.39 is 5.91 Å². The topological polar surface area (TPSA) is 87.8 Å². The second-order valence-corrected chi connectivity index (χ2v) is 8.92. The Bertz CT molecular complexity index is 1530. The smallest absolute Gasteiger partial charge is 0.273 e. The van der Waals surface area contributed by atoms with Gasteiger partial charge in [-0.3, -0.25) is 19.1 Å². The van der Waals surface area contributed by atoms with Gasteiger partial charge in [-0.25, -0.2) is 0 Å². The second kappa shape index (κ2) is 10.1. The maximum atomic E-state index is 13.4. The van der Waals surface area contributed by atoms with Crippen molar-refractivity contribution >= 4 is 34.6 Å². The first-order valence-corrected chi connectivity index (χ1v) is 11.5. The minimum Gasteiger partial charge on any atom is -0.321 e. The second-order valence-electron chi connectivity index (χ2n) is 7.89. The molecule has 1 N–H and O–H groups in total. The van der Waals surface area contributed by atoms with E-state index in [1.165, 1.54) is 4.57 Å². The van der Waals surface area contributed by atoms with Crippen LogP contribution in [0.4, 0.5) is 5.69 Å². The van der Waals surface area contributed by atoms with Gasteiger partial charge >= 0.3 is 0 Å². The van der Waals surface area contributed by atoms with Crippen LogP contribution in [0.5, 0.6) is 0 Å². The Balaban J connectivity index is 1.87. The van der Waals surface area contributed by atoms with Gasteiger partial charge in [0.2, 0.25) is 0 Å². The fourth-order valence-corrected chi connectivity index (χ4v) is 4.52. The highest BCUT2D eigenvalue weighted by molar-refractivity contribution is 7.07. The van der Waals surface area contributed by atoms with Crippen molar-refractivity contribution in [2.75, 3.05) is 5.32 Å². The molecule has 6 nitrogen and oxygen atoms in total. The number of nitriles is 1. The summed E-state index contributed by atoms with van der Waals surface area (Å²) in [6.07, 6.45) is 5.01. The summed E-state index contributed by atoms with van der Waals surface area (Å²) in [5, 5.41) is 12.7. The van der Waals surface area contributed by atoms with Crippen LogP contribution >= 0.6 is 11.3 Å². The monoisotopic (exact) mass is 466 g/mol. The Labute approximate surface area is 200 Å². The molecule has 0 atom stereocenters. The molecule has 168 valence electrons. The summed E-state index contributed by atoms with van der Waals surface area (Å²) in [4.78, 5) is 30.5. The Morgan fingerprint density at radius 1 is 1.06 bits per heavy atom. The predicted octanol–water partition coefficient (Wildman–Crippen LogP) is 3.56. The van der Waals surface area contributed by atoms with E-state index in [0.717, 1.165) is 22.5 Å². The van der Waals surface area contributed by atoms with Crippen LogP contribution < -0.4 is 20.1 Å². The number of anilines is 1. The Morgan fingerprint density at radius 2 is 1.74 bits per heavy atom. The lowest BCUT2D eigenvalue weighted by molar-refractivity contribution is -0.111. The summed E-state index contributed by atoms with van der Waals surface area (Å²) in [6, 6.07) is 22.1. The number of para-hydroxylation sites is 1. The van der Waals surface area contributed by atoms with Crippen molar-refractivity contribution in [3.63, 3.8) is 0 Å². The molecule has 2 aromatic carbocycles. The zero-order chi connectivity index (χ0) is 24.1. The van der Waals surface area contributed by atoms with Crippen LogP contribution in [0.3, 0.4) is 0 Å². The number of rotatable bonds is 5. The molecule has 0 unspecified atom stereocenters. The van der Waals surface area contributed by atoms with Crippen LogP contribution in [-0.4, -0.2) is 15.5 Å². The van der Waals surface area contributed by atoms with Gasteiger partial charge in [0.15, 0.2) is 5.57 Å². The van der Waals surface area contributed by atoms with E-state index in [4.69, 9.17) is 0 Å². The van der Waals surface area contributed by atoms with E-state index in [0.29, 0.717) is 21.8 Å². The minimum absolute atomic E-state index is 0.131. The van der Waals surface area contributed by atoms with Gasteiger partial charge in [0.05, 0.1) is 10.2 Å². The van der Waals surface area contributed by atoms with Gasteiger partial charge in [0, 0.05) is 18.1 Å². The number of hydrogen-bond acceptors (Lipinski definition) is 5. The first kappa shape index (κ1) is 22.9. The molecule has 2 aromatic heterocycles. The van der Waals surface area contributed by atoms with E-state index in [-0.39, 0.29) is 15.8 Å². The van der Waals surface area contributed by atoms with Crippen LogP contribution in [0.25, 0.3) is 17.3 Å². The molecule has 4 aromatic rings. The number of carbonyl (C=O) groups excluding carboxylic acids is 1. The summed E-state index contributed by atoms with van der Waals surface area (Å²) in [5.74, 6) is -0.200. The van der Waals surface area contributed by atoms with Crippen molar-refractivity contribution in [1.82, 2.24) is 9.55 Å². The number of pyridine rings is 1. The van der Waals surface area contributed by atoms with Crippen molar-refractivity contribution in [1.29, 1.82) is 5.26 Å². The number of nitrogens with zero attached hydrogens (tertiary/aromatic N) is 3. The molecule has 34 heavy (non-hydrogen) atoms. The molecular weight excluding hydrogens is 444 g/mol. The zero-order valence-corrected chi connectivity index (χ0v) is 19.5. The molecule has 0 saturated carbocycles. The van der Waals surface area contributed by atoms with E-state index in [2.05, 4.69) is 24.1 Å². The van der Waals surface area contributed by atoms with Crippen molar-refractivity contribution in [2.24, 2.45) is 0 Å². The predicted molar refractivity (Wildman–Crippen MR) is 135 cm³/mol. The average Bonchev–Trinajstić information content (AvgIpc) is 3.16. The molecule has 2 heterocycles. The van der Waals surface area contributed by atoms with Gasteiger partial charge in [0.25, 0.3) is 11.5 Å². The molecule has 0 fully saturated rings. The van der Waals surface area contributed by atoms with Gasteiger partial charge in [-0.05, 0) is 59.5 Å². The van der Waals surface area contributed by atoms with Crippen molar-refractivity contribution in [2.45, 2.75) is 19.8 Å². The molecular formula is C27H22N4O2S. The van der Waals surface area contributed by atoms with E-state index in [1.807, 2.05) is 36.4 Å². The quantitative estimate of drug-likeness (QED) is 0.487. The number of hydrogen-bond donors (Lipinski definition) is 1. The van der Waals surface area contributed by atoms with Gasteiger partial charge < -0.3 is 5.32 Å². The summed E-state index contributed by atoms with van der Waals surface area (Å²) in [6.45, 7) is 4.19. The highest BCUT2D eigenvalue weighted by Gasteiger charge is 2.17. The number of thiazole rings is 1. The largest absolute Gasteiger partial charge is 0.321 e. The highest BCUT2D eigenvalue weighted by atomic mass is 32.1. The standard InChI is InChI=1S/C27H22N4O2S/c1-18(2)20-8-10-21(11-9-20)30-25(32)23(17-28)27-31(22-6-4-3-5-7-22)26(33)24(34-27)16-19-12-14-29-15-13-19/h3-16,18H,1-2H3,(H,30,32)/b24-16+,27-23+. The molecule has 0 radical (unpaired) electrons. The molecule has 1 amide bonds. The minimum atomic E-state index is -0.568. The number of aromatic nitrogens is 2. The number of carbonyl (C=O) groups is 1. The zero-order valence-electron chi connectivity index (χ0n) is 18.7. The molecule has 4 rings (SSSR count). The summed E-state index contributed by atoms with van der Waals surface area (Å²) >= 11 is 1.11. The van der Waals surface area contributed by atoms with Crippen molar-refractivity contribution < 1.29 is 4.79 Å². The number of benzene rings is 2. The van der Waals surface area contributed by atoms with E-state index in [9.17, 15) is 14.9 Å². The van der Waals surface area contributed by atoms with Crippen molar-refractivity contribution in [3.8, 4) is 11.8 Å². The number of amides is 1.